The third kappa shape index (κ3) is 5.05. The molecule has 1 N–H and O–H groups in total. The number of nitrogens with zero attached hydrogens (tertiary/aromatic N) is 4. The molecule has 2 aliphatic heterocycles. The first kappa shape index (κ1) is 21.0. The molecule has 0 aromatic carbocycles. The van der Waals surface area contributed by atoms with Crippen LogP contribution in [0.4, 0.5) is 11.5 Å². The average Bonchev–Trinajstić information content (AvgIpc) is 3.34. The number of hydrogen-bond donors (Lipinski definition) is 1. The van der Waals surface area contributed by atoms with E-state index in [4.69, 9.17) is 9.73 Å². The van der Waals surface area contributed by atoms with Crippen LogP contribution < -0.4 is 5.32 Å². The van der Waals surface area contributed by atoms with Crippen molar-refractivity contribution in [3.05, 3.63) is 35.4 Å². The van der Waals surface area contributed by atoms with Crippen molar-refractivity contribution in [3.8, 4) is 0 Å². The van der Waals surface area contributed by atoms with Gasteiger partial charge in [-0.25, -0.2) is 9.98 Å². The smallest absolute Gasteiger partial charge is 0.242 e. The number of nitrogens with one attached hydrogen (secondary N) is 1. The van der Waals surface area contributed by atoms with Crippen molar-refractivity contribution < 1.29 is 14.3 Å². The summed E-state index contributed by atoms with van der Waals surface area (Å²) in [5.41, 5.74) is 0.824. The third-order valence-electron chi connectivity index (χ3n) is 5.19. The molecule has 3 unspecified atom stereocenters. The number of aromatic nitrogens is 2. The summed E-state index contributed by atoms with van der Waals surface area (Å²) >= 11 is 2.92. The Kier molecular flexibility index (Phi) is 6.76. The molecule has 2 amide bonds. The van der Waals surface area contributed by atoms with E-state index >= 15 is 0 Å². The fourth-order valence-electron chi connectivity index (χ4n) is 3.48. The van der Waals surface area contributed by atoms with Crippen LogP contribution in [0, 0.1) is 11.8 Å². The van der Waals surface area contributed by atoms with E-state index in [0.717, 1.165) is 12.1 Å². The minimum atomic E-state index is -0.505. The number of thiophene rings is 1. The normalized spacial score (nSPS) is 25.6. The number of hydrogen-bond acceptors (Lipinski definition) is 8. The quantitative estimate of drug-likeness (QED) is 0.734. The number of amidine groups is 1. The van der Waals surface area contributed by atoms with Crippen molar-refractivity contribution in [1.82, 2.24) is 14.9 Å². The zero-order valence-electron chi connectivity index (χ0n) is 16.6. The number of anilines is 1. The molecule has 3 atom stereocenters. The molecule has 0 aliphatic carbocycles. The summed E-state index contributed by atoms with van der Waals surface area (Å²) in [6.45, 7) is 4.17. The SMILES string of the molecule is CC1COCCC1CN1C(=O)C(CC(=O)Nc2cnccn2)SC1=Nc1ccsc1. The zero-order chi connectivity index (χ0) is 20.9. The summed E-state index contributed by atoms with van der Waals surface area (Å²) < 4.78 is 5.54. The first-order valence-electron chi connectivity index (χ1n) is 9.82. The monoisotopic (exact) mass is 445 g/mol. The lowest BCUT2D eigenvalue weighted by Gasteiger charge is -2.32. The molecule has 0 bridgehead atoms. The third-order valence-corrected chi connectivity index (χ3v) is 7.03. The lowest BCUT2D eigenvalue weighted by Crippen LogP contribution is -2.41. The van der Waals surface area contributed by atoms with Crippen LogP contribution >= 0.6 is 23.1 Å². The van der Waals surface area contributed by atoms with Gasteiger partial charge in [0.1, 0.15) is 5.25 Å². The van der Waals surface area contributed by atoms with E-state index in [1.54, 1.807) is 16.2 Å². The molecular formula is C20H23N5O3S2. The van der Waals surface area contributed by atoms with Crippen LogP contribution in [-0.2, 0) is 14.3 Å². The molecule has 2 fully saturated rings. The topological polar surface area (TPSA) is 96.8 Å². The highest BCUT2D eigenvalue weighted by Gasteiger charge is 2.41. The minimum Gasteiger partial charge on any atom is -0.381 e. The Balaban J connectivity index is 1.48. The van der Waals surface area contributed by atoms with Crippen molar-refractivity contribution in [3.63, 3.8) is 0 Å². The van der Waals surface area contributed by atoms with E-state index in [1.165, 1.54) is 30.4 Å². The van der Waals surface area contributed by atoms with Crippen molar-refractivity contribution >= 4 is 51.6 Å². The van der Waals surface area contributed by atoms with Crippen LogP contribution in [0.2, 0.25) is 0 Å². The van der Waals surface area contributed by atoms with Gasteiger partial charge in [-0.05, 0) is 29.7 Å². The predicted octanol–water partition coefficient (Wildman–Crippen LogP) is 3.17. The largest absolute Gasteiger partial charge is 0.381 e. The summed E-state index contributed by atoms with van der Waals surface area (Å²) in [7, 11) is 0. The first-order chi connectivity index (χ1) is 14.6. The summed E-state index contributed by atoms with van der Waals surface area (Å²) in [6.07, 6.45) is 5.49. The number of amides is 2. The number of carbonyl (C=O) groups is 2. The predicted molar refractivity (Wildman–Crippen MR) is 118 cm³/mol. The molecule has 0 saturated carbocycles. The Hall–Kier alpha value is -2.30. The minimum absolute atomic E-state index is 0.0581. The van der Waals surface area contributed by atoms with Gasteiger partial charge in [-0.3, -0.25) is 19.5 Å². The van der Waals surface area contributed by atoms with E-state index in [9.17, 15) is 9.59 Å². The molecule has 30 heavy (non-hydrogen) atoms. The summed E-state index contributed by atoms with van der Waals surface area (Å²) in [5.74, 6) is 0.763. The van der Waals surface area contributed by atoms with Crippen LogP contribution in [0.5, 0.6) is 0 Å². The maximum Gasteiger partial charge on any atom is 0.242 e. The molecule has 0 spiro atoms. The van der Waals surface area contributed by atoms with E-state index in [2.05, 4.69) is 22.2 Å². The molecule has 2 aromatic rings. The average molecular weight is 446 g/mol. The van der Waals surface area contributed by atoms with Crippen LogP contribution in [0.1, 0.15) is 19.8 Å². The molecule has 2 aliphatic rings. The maximum absolute atomic E-state index is 13.2. The number of carbonyl (C=O) groups excluding carboxylic acids is 2. The van der Waals surface area contributed by atoms with Crippen LogP contribution in [0.3, 0.4) is 0 Å². The van der Waals surface area contributed by atoms with Gasteiger partial charge in [0.15, 0.2) is 11.0 Å². The molecule has 158 valence electrons. The highest BCUT2D eigenvalue weighted by molar-refractivity contribution is 8.15. The van der Waals surface area contributed by atoms with Gasteiger partial charge in [-0.2, -0.15) is 11.3 Å². The van der Waals surface area contributed by atoms with Gasteiger partial charge >= 0.3 is 0 Å². The summed E-state index contributed by atoms with van der Waals surface area (Å²) in [6, 6.07) is 1.92. The van der Waals surface area contributed by atoms with Crippen molar-refractivity contribution in [1.29, 1.82) is 0 Å². The zero-order valence-corrected chi connectivity index (χ0v) is 18.2. The first-order valence-corrected chi connectivity index (χ1v) is 11.6. The Labute approximate surface area is 183 Å². The molecule has 0 radical (unpaired) electrons. The lowest BCUT2D eigenvalue weighted by atomic mass is 9.89. The van der Waals surface area contributed by atoms with Crippen molar-refractivity contribution in [2.75, 3.05) is 25.1 Å². The van der Waals surface area contributed by atoms with Crippen LogP contribution in [0.15, 0.2) is 40.4 Å². The van der Waals surface area contributed by atoms with Gasteiger partial charge in [0.25, 0.3) is 0 Å². The fraction of sp³-hybridized carbons (Fsp3) is 0.450. The molecule has 2 saturated heterocycles. The maximum atomic E-state index is 13.2. The molecule has 4 heterocycles. The highest BCUT2D eigenvalue weighted by Crippen LogP contribution is 2.34. The van der Waals surface area contributed by atoms with E-state index in [-0.39, 0.29) is 18.2 Å². The Bertz CT molecular complexity index is 906. The van der Waals surface area contributed by atoms with Crippen LogP contribution in [-0.4, -0.2) is 56.9 Å². The van der Waals surface area contributed by atoms with Gasteiger partial charge in [0.2, 0.25) is 11.8 Å². The molecule has 2 aromatic heterocycles. The second kappa shape index (κ2) is 9.67. The number of ether oxygens (including phenoxy) is 1. The van der Waals surface area contributed by atoms with Gasteiger partial charge in [0.05, 0.1) is 11.9 Å². The highest BCUT2D eigenvalue weighted by atomic mass is 32.2. The summed E-state index contributed by atoms with van der Waals surface area (Å²) in [4.78, 5) is 40.1. The molecular weight excluding hydrogens is 422 g/mol. The van der Waals surface area contributed by atoms with Crippen LogP contribution in [0.25, 0.3) is 0 Å². The van der Waals surface area contributed by atoms with E-state index in [0.29, 0.717) is 42.6 Å². The second-order valence-electron chi connectivity index (χ2n) is 7.38. The molecule has 8 nitrogen and oxygen atoms in total. The van der Waals surface area contributed by atoms with Gasteiger partial charge in [0, 0.05) is 44.0 Å². The molecule has 4 rings (SSSR count). The second-order valence-corrected chi connectivity index (χ2v) is 9.33. The van der Waals surface area contributed by atoms with Crippen molar-refractivity contribution in [2.24, 2.45) is 16.8 Å². The van der Waals surface area contributed by atoms with E-state index in [1.807, 2.05) is 16.8 Å². The van der Waals surface area contributed by atoms with E-state index < -0.39 is 5.25 Å². The van der Waals surface area contributed by atoms with Gasteiger partial charge in [-0.15, -0.1) is 0 Å². The van der Waals surface area contributed by atoms with Crippen molar-refractivity contribution in [2.45, 2.75) is 25.0 Å². The van der Waals surface area contributed by atoms with Gasteiger partial charge < -0.3 is 10.1 Å². The summed E-state index contributed by atoms with van der Waals surface area (Å²) in [5, 5.41) is 6.76. The Morgan fingerprint density at radius 1 is 1.43 bits per heavy atom. The Morgan fingerprint density at radius 3 is 3.07 bits per heavy atom. The lowest BCUT2D eigenvalue weighted by molar-refractivity contribution is -0.129. The number of thioether (sulfide) groups is 1. The standard InChI is InChI=1S/C20H23N5O3S2/c1-13-11-28-6-2-14(13)10-25-19(27)16(30-20(25)23-15-3-7-29-12-15)8-18(26)24-17-9-21-4-5-22-17/h3-5,7,9,12-14,16H,2,6,8,10-11H2,1H3,(H,22,24,26). The Morgan fingerprint density at radius 2 is 2.33 bits per heavy atom. The molecule has 10 heteroatoms. The number of rotatable bonds is 6. The number of aliphatic imine (C=N–C) groups is 1. The fourth-order valence-corrected chi connectivity index (χ4v) is 5.21. The van der Waals surface area contributed by atoms with Gasteiger partial charge in [-0.1, -0.05) is 18.7 Å².